The van der Waals surface area contributed by atoms with Crippen LogP contribution in [0.4, 0.5) is 0 Å². The van der Waals surface area contributed by atoms with Crippen molar-refractivity contribution in [1.82, 2.24) is 9.97 Å². The molecule has 5 nitrogen and oxygen atoms in total. The summed E-state index contributed by atoms with van der Waals surface area (Å²) >= 11 is 0. The fourth-order valence-electron chi connectivity index (χ4n) is 3.53. The lowest BCUT2D eigenvalue weighted by atomic mass is 9.71. The predicted molar refractivity (Wildman–Crippen MR) is 90.2 cm³/mol. The van der Waals surface area contributed by atoms with Crippen LogP contribution in [0.1, 0.15) is 50.4 Å². The number of primary amides is 1. The fraction of sp³-hybridized carbons (Fsp3) is 0.556. The van der Waals surface area contributed by atoms with Crippen LogP contribution in [0.3, 0.4) is 0 Å². The molecule has 0 bridgehead atoms. The summed E-state index contributed by atoms with van der Waals surface area (Å²) in [6, 6.07) is 2.11. The third kappa shape index (κ3) is 3.05. The number of hydrogen-bond acceptors (Lipinski definition) is 3. The van der Waals surface area contributed by atoms with Gasteiger partial charge in [-0.3, -0.25) is 9.78 Å². The molecule has 0 saturated carbocycles. The van der Waals surface area contributed by atoms with Crippen LogP contribution in [0.15, 0.2) is 6.07 Å². The predicted octanol–water partition coefficient (Wildman–Crippen LogP) is 2.84. The van der Waals surface area contributed by atoms with E-state index in [0.717, 1.165) is 36.0 Å². The number of nitrogens with one attached hydrogen (secondary N) is 1. The number of aryl methyl sites for hydroxylation is 2. The Kier molecular flexibility index (Phi) is 3.82. The smallest absolute Gasteiger partial charge is 0.217 e. The van der Waals surface area contributed by atoms with E-state index < -0.39 is 0 Å². The summed E-state index contributed by atoms with van der Waals surface area (Å²) in [4.78, 5) is 18.8. The molecule has 4 N–H and O–H groups in total. The number of H-pyrrole nitrogens is 1. The number of aromatic hydroxyl groups is 1. The third-order valence-electron chi connectivity index (χ3n) is 5.06. The lowest BCUT2D eigenvalue weighted by Gasteiger charge is -2.34. The van der Waals surface area contributed by atoms with Crippen molar-refractivity contribution in [2.45, 2.75) is 52.9 Å². The summed E-state index contributed by atoms with van der Waals surface area (Å²) in [6.45, 7) is 6.87. The third-order valence-corrected chi connectivity index (χ3v) is 5.06. The van der Waals surface area contributed by atoms with Gasteiger partial charge in [0, 0.05) is 17.7 Å². The van der Waals surface area contributed by atoms with Gasteiger partial charge in [-0.2, -0.15) is 0 Å². The largest absolute Gasteiger partial charge is 0.494 e. The number of aromatic nitrogens is 2. The van der Waals surface area contributed by atoms with Gasteiger partial charge in [0.15, 0.2) is 5.88 Å². The monoisotopic (exact) mass is 315 g/mol. The number of carbonyl (C=O) groups is 1. The molecule has 23 heavy (non-hydrogen) atoms. The van der Waals surface area contributed by atoms with E-state index in [2.05, 4.69) is 31.8 Å². The van der Waals surface area contributed by atoms with Crippen LogP contribution in [0.2, 0.25) is 0 Å². The van der Waals surface area contributed by atoms with Crippen LogP contribution in [0.5, 0.6) is 5.88 Å². The molecule has 1 aliphatic carbocycles. The summed E-state index contributed by atoms with van der Waals surface area (Å²) in [5, 5.41) is 10.1. The molecule has 1 aliphatic rings. The molecule has 2 aromatic heterocycles. The lowest BCUT2D eigenvalue weighted by Crippen LogP contribution is -2.27. The van der Waals surface area contributed by atoms with Crippen LogP contribution >= 0.6 is 0 Å². The minimum absolute atomic E-state index is 0.100. The Labute approximate surface area is 136 Å². The van der Waals surface area contributed by atoms with Gasteiger partial charge < -0.3 is 15.8 Å². The molecule has 0 aliphatic heterocycles. The molecule has 5 heteroatoms. The van der Waals surface area contributed by atoms with Crippen LogP contribution in [0.25, 0.3) is 11.0 Å². The molecule has 2 aromatic rings. The molecule has 2 heterocycles. The van der Waals surface area contributed by atoms with Gasteiger partial charge in [0.2, 0.25) is 5.91 Å². The molecule has 1 amide bonds. The second-order valence-corrected chi connectivity index (χ2v) is 7.71. The van der Waals surface area contributed by atoms with Gasteiger partial charge in [0.25, 0.3) is 0 Å². The van der Waals surface area contributed by atoms with Crippen LogP contribution in [-0.4, -0.2) is 21.0 Å². The molecule has 1 unspecified atom stereocenters. The summed E-state index contributed by atoms with van der Waals surface area (Å²) in [7, 11) is 0. The molecular weight excluding hydrogens is 290 g/mol. The normalized spacial score (nSPS) is 18.1. The Balaban J connectivity index is 1.97. The average molecular weight is 315 g/mol. The van der Waals surface area contributed by atoms with E-state index in [-0.39, 0.29) is 23.6 Å². The minimum atomic E-state index is -0.371. The van der Waals surface area contributed by atoms with Gasteiger partial charge in [0.05, 0.1) is 11.0 Å². The SMILES string of the molecule is CC(C)(C)C1CCc2nc3c(CCC(N)=O)c(O)[nH]c3cc2C1. The van der Waals surface area contributed by atoms with Crippen molar-refractivity contribution in [2.75, 3.05) is 0 Å². The maximum Gasteiger partial charge on any atom is 0.217 e. The first kappa shape index (κ1) is 15.8. The molecular formula is C18H25N3O2. The van der Waals surface area contributed by atoms with Gasteiger partial charge in [-0.15, -0.1) is 0 Å². The van der Waals surface area contributed by atoms with Gasteiger partial charge in [-0.05, 0) is 48.6 Å². The first-order valence-electron chi connectivity index (χ1n) is 8.26. The number of nitrogens with two attached hydrogens (primary N) is 1. The molecule has 124 valence electrons. The van der Waals surface area contributed by atoms with E-state index in [9.17, 15) is 9.90 Å². The van der Waals surface area contributed by atoms with E-state index >= 15 is 0 Å². The molecule has 0 spiro atoms. The molecule has 0 fully saturated rings. The van der Waals surface area contributed by atoms with E-state index in [4.69, 9.17) is 10.7 Å². The topological polar surface area (TPSA) is 92.0 Å². The number of amides is 1. The molecule has 3 rings (SSSR count). The van der Waals surface area contributed by atoms with E-state index in [1.54, 1.807) is 0 Å². The van der Waals surface area contributed by atoms with Crippen LogP contribution < -0.4 is 5.73 Å². The lowest BCUT2D eigenvalue weighted by molar-refractivity contribution is -0.117. The van der Waals surface area contributed by atoms with Gasteiger partial charge >= 0.3 is 0 Å². The summed E-state index contributed by atoms with van der Waals surface area (Å²) in [6.07, 6.45) is 3.76. The van der Waals surface area contributed by atoms with Gasteiger partial charge in [0.1, 0.15) is 0 Å². The zero-order valence-electron chi connectivity index (χ0n) is 14.1. The van der Waals surface area contributed by atoms with Gasteiger partial charge in [-0.25, -0.2) is 0 Å². The zero-order chi connectivity index (χ0) is 16.8. The first-order chi connectivity index (χ1) is 10.8. The van der Waals surface area contributed by atoms with Crippen molar-refractivity contribution in [3.05, 3.63) is 22.9 Å². The highest BCUT2D eigenvalue weighted by molar-refractivity contribution is 5.84. The highest BCUT2D eigenvalue weighted by atomic mass is 16.3. The van der Waals surface area contributed by atoms with Crippen molar-refractivity contribution < 1.29 is 9.90 Å². The maximum atomic E-state index is 11.0. The molecule has 0 radical (unpaired) electrons. The van der Waals surface area contributed by atoms with E-state index in [0.29, 0.717) is 17.9 Å². The summed E-state index contributed by atoms with van der Waals surface area (Å²) < 4.78 is 0. The number of nitrogens with zero attached hydrogens (tertiary/aromatic N) is 1. The highest BCUT2D eigenvalue weighted by Crippen LogP contribution is 2.38. The zero-order valence-corrected chi connectivity index (χ0v) is 14.1. The number of hydrogen-bond donors (Lipinski definition) is 3. The second kappa shape index (κ2) is 5.55. The second-order valence-electron chi connectivity index (χ2n) is 7.71. The number of aromatic amines is 1. The van der Waals surface area contributed by atoms with Gasteiger partial charge in [-0.1, -0.05) is 20.8 Å². The number of carbonyl (C=O) groups excluding carboxylic acids is 1. The molecule has 0 saturated heterocycles. The standard InChI is InChI=1S/C18H25N3O2/c1-18(2,3)11-4-6-13-10(8-11)9-14-16(20-13)12(17(23)21-14)5-7-15(19)22/h9,11,21,23H,4-8H2,1-3H3,(H2,19,22). The quantitative estimate of drug-likeness (QED) is 0.813. The van der Waals surface area contributed by atoms with Crippen molar-refractivity contribution in [3.63, 3.8) is 0 Å². The van der Waals surface area contributed by atoms with Crippen molar-refractivity contribution in [1.29, 1.82) is 0 Å². The average Bonchev–Trinajstić information content (AvgIpc) is 2.75. The Morgan fingerprint density at radius 1 is 1.48 bits per heavy atom. The molecule has 1 atom stereocenters. The van der Waals surface area contributed by atoms with Crippen molar-refractivity contribution in [2.24, 2.45) is 17.1 Å². The number of pyridine rings is 1. The fourth-order valence-corrected chi connectivity index (χ4v) is 3.53. The Hall–Kier alpha value is -2.04. The van der Waals surface area contributed by atoms with E-state index in [1.165, 1.54) is 5.56 Å². The molecule has 0 aromatic carbocycles. The highest BCUT2D eigenvalue weighted by Gasteiger charge is 2.30. The summed E-state index contributed by atoms with van der Waals surface area (Å²) in [5.41, 5.74) is 10.2. The van der Waals surface area contributed by atoms with Crippen LogP contribution in [0, 0.1) is 11.3 Å². The van der Waals surface area contributed by atoms with Crippen LogP contribution in [-0.2, 0) is 24.1 Å². The Morgan fingerprint density at radius 2 is 2.22 bits per heavy atom. The van der Waals surface area contributed by atoms with Crippen molar-refractivity contribution in [3.8, 4) is 5.88 Å². The first-order valence-corrected chi connectivity index (χ1v) is 8.26. The summed E-state index contributed by atoms with van der Waals surface area (Å²) in [5.74, 6) is 0.375. The number of fused-ring (bicyclic) bond motifs is 2. The number of rotatable bonds is 3. The Bertz CT molecular complexity index is 756. The maximum absolute atomic E-state index is 11.0. The Morgan fingerprint density at radius 3 is 2.87 bits per heavy atom. The van der Waals surface area contributed by atoms with E-state index in [1.807, 2.05) is 0 Å². The minimum Gasteiger partial charge on any atom is -0.494 e. The van der Waals surface area contributed by atoms with Crippen molar-refractivity contribution >= 4 is 16.9 Å².